The number of carboxylic acid groups (broad SMARTS) is 1. The molecule has 2 aliphatic heterocycles. The number of aromatic hydroxyl groups is 1. The molecule has 1 aromatic carbocycles. The van der Waals surface area contributed by atoms with E-state index in [1.54, 1.807) is 35.8 Å². The molecule has 0 aliphatic carbocycles. The fourth-order valence-electron chi connectivity index (χ4n) is 5.16. The molecule has 0 amide bonds. The van der Waals surface area contributed by atoms with Crippen LogP contribution in [0.5, 0.6) is 5.75 Å². The molecule has 2 aromatic heterocycles. The van der Waals surface area contributed by atoms with Crippen molar-refractivity contribution in [3.05, 3.63) is 56.9 Å². The van der Waals surface area contributed by atoms with E-state index < -0.39 is 36.7 Å². The lowest BCUT2D eigenvalue weighted by molar-refractivity contribution is -0.192. The number of benzene rings is 1. The molecule has 0 saturated carbocycles. The fraction of sp³-hybridized carbons (Fsp3) is 0.346. The normalized spacial score (nSPS) is 17.6. The number of phenols is 1. The number of carboxylic acids is 1. The van der Waals surface area contributed by atoms with Gasteiger partial charge in [-0.15, -0.1) is 0 Å². The van der Waals surface area contributed by atoms with Crippen LogP contribution in [0.25, 0.3) is 22.3 Å². The summed E-state index contributed by atoms with van der Waals surface area (Å²) in [6.45, 7) is 2.18. The van der Waals surface area contributed by atoms with Crippen LogP contribution in [-0.4, -0.2) is 50.9 Å². The van der Waals surface area contributed by atoms with Gasteiger partial charge in [-0.2, -0.15) is 0 Å². The molecule has 4 heterocycles. The smallest absolute Gasteiger partial charge is 0.355 e. The standard InChI is InChI=1S/C26H24N2O9/c1-3-14-15-7-13(29)5-6-19(15)27-23-16(14)9-28-20(23)8-18-17(24(28)33)10-36-25(34)26(18,4-2)37-22(32)12-35-11-21(30)31/h5-8,29H,3-4,9-12H2,1-2H3,(H,30,31)/t26-/m0/s1. The van der Waals surface area contributed by atoms with Gasteiger partial charge < -0.3 is 29.0 Å². The number of rotatable bonds is 7. The van der Waals surface area contributed by atoms with Crippen molar-refractivity contribution >= 4 is 28.8 Å². The van der Waals surface area contributed by atoms with E-state index in [9.17, 15) is 24.3 Å². The van der Waals surface area contributed by atoms with Gasteiger partial charge in [-0.3, -0.25) is 4.79 Å². The molecule has 0 spiro atoms. The first-order valence-electron chi connectivity index (χ1n) is 11.8. The van der Waals surface area contributed by atoms with E-state index in [4.69, 9.17) is 24.3 Å². The minimum Gasteiger partial charge on any atom is -0.508 e. The van der Waals surface area contributed by atoms with Crippen LogP contribution in [0.15, 0.2) is 29.1 Å². The number of phenolic OH excluding ortho intramolecular Hbond substituents is 1. The van der Waals surface area contributed by atoms with Crippen molar-refractivity contribution in [2.24, 2.45) is 0 Å². The molecule has 1 atom stereocenters. The second-order valence-electron chi connectivity index (χ2n) is 8.90. The predicted molar refractivity (Wildman–Crippen MR) is 128 cm³/mol. The van der Waals surface area contributed by atoms with Gasteiger partial charge in [0.05, 0.1) is 29.0 Å². The molecule has 37 heavy (non-hydrogen) atoms. The molecule has 0 unspecified atom stereocenters. The molecule has 2 aliphatic rings. The van der Waals surface area contributed by atoms with Crippen molar-refractivity contribution in [2.45, 2.75) is 45.4 Å². The number of hydrogen-bond acceptors (Lipinski definition) is 9. The third-order valence-electron chi connectivity index (χ3n) is 6.84. The second-order valence-corrected chi connectivity index (χ2v) is 8.90. The Bertz CT molecular complexity index is 1540. The van der Waals surface area contributed by atoms with E-state index in [1.165, 1.54) is 0 Å². The first kappa shape index (κ1) is 24.4. The Balaban J connectivity index is 1.65. The maximum atomic E-state index is 13.6. The summed E-state index contributed by atoms with van der Waals surface area (Å²) in [6, 6.07) is 6.55. The number of carbonyl (C=O) groups is 3. The first-order chi connectivity index (χ1) is 17.7. The van der Waals surface area contributed by atoms with Crippen molar-refractivity contribution < 1.29 is 38.8 Å². The number of aryl methyl sites for hydroxylation is 1. The Labute approximate surface area is 210 Å². The maximum absolute atomic E-state index is 13.6. The molecule has 11 heteroatoms. The minimum absolute atomic E-state index is 0.0239. The number of aliphatic carboxylic acids is 1. The summed E-state index contributed by atoms with van der Waals surface area (Å²) >= 11 is 0. The van der Waals surface area contributed by atoms with Crippen LogP contribution in [0.1, 0.15) is 42.5 Å². The average molecular weight is 508 g/mol. The molecular weight excluding hydrogens is 484 g/mol. The number of esters is 2. The molecule has 11 nitrogen and oxygen atoms in total. The number of cyclic esters (lactones) is 1. The second kappa shape index (κ2) is 9.00. The predicted octanol–water partition coefficient (Wildman–Crippen LogP) is 2.00. The Kier molecular flexibility index (Phi) is 5.95. The third kappa shape index (κ3) is 3.82. The molecule has 3 aromatic rings. The van der Waals surface area contributed by atoms with Gasteiger partial charge >= 0.3 is 17.9 Å². The quantitative estimate of drug-likeness (QED) is 0.354. The Morgan fingerprint density at radius 3 is 2.65 bits per heavy atom. The SMILES string of the molecule is CCc1c2c(nc3ccc(O)cc13)-c1cc3c(c(=O)n1C2)COC(=O)[C@@]3(CC)OC(=O)COCC(=O)O. The van der Waals surface area contributed by atoms with Crippen molar-refractivity contribution in [3.63, 3.8) is 0 Å². The van der Waals surface area contributed by atoms with Crippen LogP contribution in [0.3, 0.4) is 0 Å². The Hall–Kier alpha value is -4.25. The van der Waals surface area contributed by atoms with Crippen LogP contribution in [-0.2, 0) is 53.8 Å². The summed E-state index contributed by atoms with van der Waals surface area (Å²) in [5.41, 5.74) is 1.62. The Morgan fingerprint density at radius 1 is 1.16 bits per heavy atom. The highest BCUT2D eigenvalue weighted by molar-refractivity contribution is 5.90. The molecule has 0 fully saturated rings. The van der Waals surface area contributed by atoms with Crippen molar-refractivity contribution in [3.8, 4) is 17.1 Å². The van der Waals surface area contributed by atoms with Gasteiger partial charge in [-0.05, 0) is 42.7 Å². The highest BCUT2D eigenvalue weighted by atomic mass is 16.6. The zero-order valence-electron chi connectivity index (χ0n) is 20.2. The summed E-state index contributed by atoms with van der Waals surface area (Å²) in [4.78, 5) is 54.6. The van der Waals surface area contributed by atoms with E-state index in [-0.39, 0.29) is 42.0 Å². The topological polar surface area (TPSA) is 154 Å². The molecule has 192 valence electrons. The van der Waals surface area contributed by atoms with Crippen LogP contribution in [0.4, 0.5) is 0 Å². The lowest BCUT2D eigenvalue weighted by Gasteiger charge is -2.35. The molecule has 2 N–H and O–H groups in total. The maximum Gasteiger partial charge on any atom is 0.355 e. The van der Waals surface area contributed by atoms with Gasteiger partial charge in [0.25, 0.3) is 5.56 Å². The average Bonchev–Trinajstić information content (AvgIpc) is 3.23. The number of hydrogen-bond donors (Lipinski definition) is 2. The number of fused-ring (bicyclic) bond motifs is 5. The minimum atomic E-state index is -1.90. The Morgan fingerprint density at radius 2 is 1.95 bits per heavy atom. The molecule has 5 rings (SSSR count). The van der Waals surface area contributed by atoms with E-state index >= 15 is 0 Å². The van der Waals surface area contributed by atoms with Crippen LogP contribution < -0.4 is 5.56 Å². The number of ether oxygens (including phenoxy) is 3. The summed E-state index contributed by atoms with van der Waals surface area (Å²) in [6.07, 6.45) is 0.617. The van der Waals surface area contributed by atoms with E-state index in [0.29, 0.717) is 23.3 Å². The van der Waals surface area contributed by atoms with Crippen LogP contribution in [0.2, 0.25) is 0 Å². The number of aromatic nitrogens is 2. The van der Waals surface area contributed by atoms with E-state index in [1.807, 2.05) is 6.92 Å². The van der Waals surface area contributed by atoms with Gasteiger partial charge in [0.15, 0.2) is 0 Å². The number of nitrogens with zero attached hydrogens (tertiary/aromatic N) is 2. The fourth-order valence-corrected chi connectivity index (χ4v) is 5.16. The zero-order chi connectivity index (χ0) is 26.5. The van der Waals surface area contributed by atoms with Crippen molar-refractivity contribution in [2.75, 3.05) is 13.2 Å². The molecule has 0 saturated heterocycles. The van der Waals surface area contributed by atoms with Crippen LogP contribution >= 0.6 is 0 Å². The van der Waals surface area contributed by atoms with Gasteiger partial charge in [-0.25, -0.2) is 19.4 Å². The first-order valence-corrected chi connectivity index (χ1v) is 11.8. The summed E-state index contributed by atoms with van der Waals surface area (Å²) in [7, 11) is 0. The van der Waals surface area contributed by atoms with Crippen molar-refractivity contribution in [1.29, 1.82) is 0 Å². The summed E-state index contributed by atoms with van der Waals surface area (Å²) in [5.74, 6) is -2.94. The highest BCUT2D eigenvalue weighted by Gasteiger charge is 2.50. The zero-order valence-corrected chi connectivity index (χ0v) is 20.2. The lowest BCUT2D eigenvalue weighted by atomic mass is 9.85. The molecule has 0 radical (unpaired) electrons. The van der Waals surface area contributed by atoms with Crippen LogP contribution in [0, 0.1) is 0 Å². The van der Waals surface area contributed by atoms with E-state index in [2.05, 4.69) is 0 Å². The van der Waals surface area contributed by atoms with Crippen molar-refractivity contribution in [1.82, 2.24) is 9.55 Å². The summed E-state index contributed by atoms with van der Waals surface area (Å²) in [5, 5.41) is 19.5. The monoisotopic (exact) mass is 508 g/mol. The largest absolute Gasteiger partial charge is 0.508 e. The lowest BCUT2D eigenvalue weighted by Crippen LogP contribution is -2.48. The van der Waals surface area contributed by atoms with E-state index in [0.717, 1.165) is 16.5 Å². The molecular formula is C26H24N2O9. The van der Waals surface area contributed by atoms with Gasteiger partial charge in [0, 0.05) is 16.5 Å². The van der Waals surface area contributed by atoms with Gasteiger partial charge in [0.2, 0.25) is 5.60 Å². The third-order valence-corrected chi connectivity index (χ3v) is 6.84. The summed E-state index contributed by atoms with van der Waals surface area (Å²) < 4.78 is 17.2. The number of carbonyl (C=O) groups excluding carboxylic acids is 2. The van der Waals surface area contributed by atoms with Gasteiger partial charge in [-0.1, -0.05) is 13.8 Å². The molecule has 0 bridgehead atoms. The van der Waals surface area contributed by atoms with Gasteiger partial charge in [0.1, 0.15) is 25.6 Å². The number of pyridine rings is 2. The highest BCUT2D eigenvalue weighted by Crippen LogP contribution is 2.42.